The van der Waals surface area contributed by atoms with Crippen molar-refractivity contribution in [3.8, 4) is 11.1 Å². The Hall–Kier alpha value is -2.23. The van der Waals surface area contributed by atoms with Crippen LogP contribution < -0.4 is 0 Å². The highest BCUT2D eigenvalue weighted by atomic mass is 19.1. The number of halogens is 1. The SMILES string of the molecule is Fc1cccc(-c2c[nH]c3ncncc23)c1. The summed E-state index contributed by atoms with van der Waals surface area (Å²) in [5.74, 6) is -0.247. The van der Waals surface area contributed by atoms with Gasteiger partial charge in [0.25, 0.3) is 0 Å². The number of aromatic amines is 1. The standard InChI is InChI=1S/C12H8FN3/c13-9-3-1-2-8(4-9)10-6-15-12-11(10)5-14-7-16-12/h1-7H,(H,14,15,16). The van der Waals surface area contributed by atoms with Crippen molar-refractivity contribution < 1.29 is 4.39 Å². The van der Waals surface area contributed by atoms with Gasteiger partial charge in [-0.05, 0) is 17.7 Å². The van der Waals surface area contributed by atoms with Gasteiger partial charge >= 0.3 is 0 Å². The van der Waals surface area contributed by atoms with Gasteiger partial charge in [0.15, 0.2) is 0 Å². The Morgan fingerprint density at radius 3 is 3.06 bits per heavy atom. The molecule has 0 saturated heterocycles. The predicted octanol–water partition coefficient (Wildman–Crippen LogP) is 2.76. The Morgan fingerprint density at radius 2 is 2.19 bits per heavy atom. The predicted molar refractivity (Wildman–Crippen MR) is 59.3 cm³/mol. The quantitative estimate of drug-likeness (QED) is 0.675. The minimum absolute atomic E-state index is 0.247. The summed E-state index contributed by atoms with van der Waals surface area (Å²) in [5, 5.41) is 0.896. The van der Waals surface area contributed by atoms with E-state index in [-0.39, 0.29) is 5.82 Å². The monoisotopic (exact) mass is 213 g/mol. The molecule has 4 heteroatoms. The third kappa shape index (κ3) is 1.35. The number of H-pyrrole nitrogens is 1. The van der Waals surface area contributed by atoms with E-state index in [4.69, 9.17) is 0 Å². The van der Waals surface area contributed by atoms with Crippen molar-refractivity contribution in [2.24, 2.45) is 0 Å². The molecule has 1 aromatic carbocycles. The molecule has 1 N–H and O–H groups in total. The third-order valence-electron chi connectivity index (χ3n) is 2.49. The maximum absolute atomic E-state index is 13.1. The Labute approximate surface area is 91.0 Å². The van der Waals surface area contributed by atoms with Crippen LogP contribution in [0.1, 0.15) is 0 Å². The molecule has 0 fully saturated rings. The first-order valence-electron chi connectivity index (χ1n) is 4.87. The summed E-state index contributed by atoms with van der Waals surface area (Å²) in [6.45, 7) is 0. The highest BCUT2D eigenvalue weighted by Crippen LogP contribution is 2.26. The van der Waals surface area contributed by atoms with Gasteiger partial charge in [-0.2, -0.15) is 0 Å². The summed E-state index contributed by atoms with van der Waals surface area (Å²) < 4.78 is 13.1. The topological polar surface area (TPSA) is 41.6 Å². The zero-order valence-electron chi connectivity index (χ0n) is 8.31. The number of benzene rings is 1. The van der Waals surface area contributed by atoms with Crippen LogP contribution in [-0.2, 0) is 0 Å². The summed E-state index contributed by atoms with van der Waals surface area (Å²) in [6, 6.07) is 6.47. The fraction of sp³-hybridized carbons (Fsp3) is 0. The second-order valence-electron chi connectivity index (χ2n) is 3.50. The largest absolute Gasteiger partial charge is 0.345 e. The summed E-state index contributed by atoms with van der Waals surface area (Å²) in [7, 11) is 0. The Morgan fingerprint density at radius 1 is 1.25 bits per heavy atom. The Balaban J connectivity index is 2.26. The van der Waals surface area contributed by atoms with Crippen LogP contribution in [-0.4, -0.2) is 15.0 Å². The lowest BCUT2D eigenvalue weighted by atomic mass is 10.1. The molecule has 0 bridgehead atoms. The molecule has 0 unspecified atom stereocenters. The Kier molecular flexibility index (Phi) is 1.93. The van der Waals surface area contributed by atoms with E-state index in [0.717, 1.165) is 22.2 Å². The molecule has 3 nitrogen and oxygen atoms in total. The first-order valence-corrected chi connectivity index (χ1v) is 4.87. The maximum atomic E-state index is 13.1. The molecule has 3 rings (SSSR count). The molecule has 78 valence electrons. The molecular weight excluding hydrogens is 205 g/mol. The third-order valence-corrected chi connectivity index (χ3v) is 2.49. The molecule has 0 aliphatic heterocycles. The summed E-state index contributed by atoms with van der Waals surface area (Å²) in [6.07, 6.45) is 5.02. The zero-order chi connectivity index (χ0) is 11.0. The number of fused-ring (bicyclic) bond motifs is 1. The average molecular weight is 213 g/mol. The number of aromatic nitrogens is 3. The van der Waals surface area contributed by atoms with E-state index in [1.54, 1.807) is 12.3 Å². The molecule has 0 aliphatic rings. The minimum Gasteiger partial charge on any atom is -0.345 e. The molecule has 16 heavy (non-hydrogen) atoms. The maximum Gasteiger partial charge on any atom is 0.141 e. The van der Waals surface area contributed by atoms with Crippen molar-refractivity contribution >= 4 is 11.0 Å². The van der Waals surface area contributed by atoms with E-state index in [2.05, 4.69) is 15.0 Å². The van der Waals surface area contributed by atoms with E-state index in [9.17, 15) is 4.39 Å². The summed E-state index contributed by atoms with van der Waals surface area (Å²) in [4.78, 5) is 11.1. The van der Waals surface area contributed by atoms with Gasteiger partial charge in [0.1, 0.15) is 17.8 Å². The molecule has 0 radical (unpaired) electrons. The van der Waals surface area contributed by atoms with Crippen LogP contribution in [0.25, 0.3) is 22.2 Å². The number of nitrogens with zero attached hydrogens (tertiary/aromatic N) is 2. The lowest BCUT2D eigenvalue weighted by Crippen LogP contribution is -1.80. The van der Waals surface area contributed by atoms with Crippen LogP contribution in [0.4, 0.5) is 4.39 Å². The van der Waals surface area contributed by atoms with Gasteiger partial charge in [0.2, 0.25) is 0 Å². The van der Waals surface area contributed by atoms with Crippen molar-refractivity contribution in [2.45, 2.75) is 0 Å². The van der Waals surface area contributed by atoms with Crippen LogP contribution in [0.2, 0.25) is 0 Å². The number of hydrogen-bond acceptors (Lipinski definition) is 2. The van der Waals surface area contributed by atoms with E-state index in [1.807, 2.05) is 12.3 Å². The molecule has 0 aliphatic carbocycles. The smallest absolute Gasteiger partial charge is 0.141 e. The molecule has 0 amide bonds. The van der Waals surface area contributed by atoms with Gasteiger partial charge in [-0.15, -0.1) is 0 Å². The average Bonchev–Trinajstić information content (AvgIpc) is 2.72. The fourth-order valence-corrected chi connectivity index (χ4v) is 1.75. The second kappa shape index (κ2) is 3.41. The van der Waals surface area contributed by atoms with Gasteiger partial charge in [-0.3, -0.25) is 0 Å². The zero-order valence-corrected chi connectivity index (χ0v) is 8.31. The first-order chi connectivity index (χ1) is 7.84. The molecular formula is C12H8FN3. The lowest BCUT2D eigenvalue weighted by Gasteiger charge is -1.98. The number of hydrogen-bond donors (Lipinski definition) is 1. The molecule has 2 aromatic heterocycles. The fourth-order valence-electron chi connectivity index (χ4n) is 1.75. The van der Waals surface area contributed by atoms with Gasteiger partial charge in [0.05, 0.1) is 0 Å². The first kappa shape index (κ1) is 9.03. The van der Waals surface area contributed by atoms with Gasteiger partial charge in [0, 0.05) is 23.3 Å². The van der Waals surface area contributed by atoms with Crippen molar-refractivity contribution in [1.29, 1.82) is 0 Å². The molecule has 3 aromatic rings. The van der Waals surface area contributed by atoms with E-state index in [1.165, 1.54) is 18.5 Å². The summed E-state index contributed by atoms with van der Waals surface area (Å²) >= 11 is 0. The summed E-state index contributed by atoms with van der Waals surface area (Å²) in [5.41, 5.74) is 2.49. The van der Waals surface area contributed by atoms with Crippen LogP contribution in [0.5, 0.6) is 0 Å². The molecule has 2 heterocycles. The van der Waals surface area contributed by atoms with Crippen molar-refractivity contribution in [3.63, 3.8) is 0 Å². The minimum atomic E-state index is -0.247. The Bertz CT molecular complexity index is 645. The van der Waals surface area contributed by atoms with E-state index >= 15 is 0 Å². The van der Waals surface area contributed by atoms with Gasteiger partial charge in [-0.1, -0.05) is 12.1 Å². The van der Waals surface area contributed by atoms with Crippen molar-refractivity contribution in [3.05, 3.63) is 48.8 Å². The van der Waals surface area contributed by atoms with Crippen LogP contribution in [0.15, 0.2) is 43.0 Å². The second-order valence-corrected chi connectivity index (χ2v) is 3.50. The van der Waals surface area contributed by atoms with Crippen molar-refractivity contribution in [2.75, 3.05) is 0 Å². The normalized spacial score (nSPS) is 10.8. The van der Waals surface area contributed by atoms with Crippen LogP contribution in [0.3, 0.4) is 0 Å². The molecule has 0 saturated carbocycles. The van der Waals surface area contributed by atoms with E-state index in [0.29, 0.717) is 0 Å². The highest BCUT2D eigenvalue weighted by molar-refractivity contribution is 5.92. The molecule has 0 spiro atoms. The van der Waals surface area contributed by atoms with Crippen LogP contribution in [0, 0.1) is 5.82 Å². The highest BCUT2D eigenvalue weighted by Gasteiger charge is 2.06. The number of nitrogens with one attached hydrogen (secondary N) is 1. The van der Waals surface area contributed by atoms with Gasteiger partial charge < -0.3 is 4.98 Å². The lowest BCUT2D eigenvalue weighted by molar-refractivity contribution is 0.628. The van der Waals surface area contributed by atoms with E-state index < -0.39 is 0 Å². The van der Waals surface area contributed by atoms with Crippen LogP contribution >= 0.6 is 0 Å². The number of rotatable bonds is 1. The molecule has 0 atom stereocenters. The van der Waals surface area contributed by atoms with Crippen molar-refractivity contribution in [1.82, 2.24) is 15.0 Å². The van der Waals surface area contributed by atoms with Gasteiger partial charge in [-0.25, -0.2) is 14.4 Å².